The Balaban J connectivity index is 2.69. The third-order valence-corrected chi connectivity index (χ3v) is 3.19. The van der Waals surface area contributed by atoms with Crippen LogP contribution in [0.25, 0.3) is 0 Å². The fourth-order valence-electron chi connectivity index (χ4n) is 1.64. The van der Waals surface area contributed by atoms with Crippen LogP contribution in [0, 0.1) is 6.92 Å². The summed E-state index contributed by atoms with van der Waals surface area (Å²) in [6.07, 6.45) is 1.83. The summed E-state index contributed by atoms with van der Waals surface area (Å²) in [5.41, 5.74) is 1.67. The number of ether oxygens (including phenoxy) is 1. The third kappa shape index (κ3) is 5.58. The van der Waals surface area contributed by atoms with E-state index >= 15 is 0 Å². The number of sulfonamides is 1. The minimum atomic E-state index is -3.32. The van der Waals surface area contributed by atoms with Gasteiger partial charge in [0.2, 0.25) is 10.0 Å². The molecular formula is C13H20N2O4S. The molecule has 20 heavy (non-hydrogen) atoms. The molecule has 0 atom stereocenters. The van der Waals surface area contributed by atoms with E-state index in [1.807, 2.05) is 0 Å². The van der Waals surface area contributed by atoms with E-state index < -0.39 is 10.0 Å². The number of carbonyl (C=O) groups is 1. The molecule has 7 heteroatoms. The normalized spacial score (nSPS) is 11.2. The Kier molecular flexibility index (Phi) is 5.97. The maximum Gasteiger partial charge on any atom is 0.251 e. The maximum atomic E-state index is 11.9. The first-order valence-electron chi connectivity index (χ1n) is 6.19. The Morgan fingerprint density at radius 3 is 2.60 bits per heavy atom. The number of hydrogen-bond acceptors (Lipinski definition) is 4. The molecule has 0 aliphatic carbocycles. The summed E-state index contributed by atoms with van der Waals surface area (Å²) in [7, 11) is -1.71. The van der Waals surface area contributed by atoms with Crippen molar-refractivity contribution in [2.45, 2.75) is 13.3 Å². The number of aryl methyl sites for hydroxylation is 1. The Morgan fingerprint density at radius 2 is 2.05 bits per heavy atom. The molecular weight excluding hydrogens is 280 g/mol. The summed E-state index contributed by atoms with van der Waals surface area (Å²) in [6.45, 7) is 2.88. The van der Waals surface area contributed by atoms with Crippen molar-refractivity contribution in [3.05, 3.63) is 29.3 Å². The lowest BCUT2D eigenvalue weighted by Gasteiger charge is -2.10. The average molecular weight is 300 g/mol. The van der Waals surface area contributed by atoms with Gasteiger partial charge in [-0.1, -0.05) is 0 Å². The fourth-order valence-corrected chi connectivity index (χ4v) is 2.27. The lowest BCUT2D eigenvalue weighted by molar-refractivity contribution is 0.0948. The van der Waals surface area contributed by atoms with Crippen LogP contribution in [-0.2, 0) is 14.8 Å². The number of anilines is 1. The van der Waals surface area contributed by atoms with Gasteiger partial charge in [-0.15, -0.1) is 0 Å². The zero-order chi connectivity index (χ0) is 15.2. The average Bonchev–Trinajstić information content (AvgIpc) is 2.35. The number of methoxy groups -OCH3 is 1. The molecule has 112 valence electrons. The van der Waals surface area contributed by atoms with Crippen molar-refractivity contribution in [3.8, 4) is 0 Å². The largest absolute Gasteiger partial charge is 0.385 e. The summed E-state index contributed by atoms with van der Waals surface area (Å²) in [5, 5.41) is 2.77. The summed E-state index contributed by atoms with van der Waals surface area (Å²) in [6, 6.07) is 4.83. The first-order chi connectivity index (χ1) is 9.33. The van der Waals surface area contributed by atoms with Gasteiger partial charge in [-0.2, -0.15) is 0 Å². The molecule has 0 fully saturated rings. The number of carbonyl (C=O) groups excluding carboxylic acids is 1. The Morgan fingerprint density at radius 1 is 1.35 bits per heavy atom. The highest BCUT2D eigenvalue weighted by Crippen LogP contribution is 2.17. The second-order valence-corrected chi connectivity index (χ2v) is 6.25. The van der Waals surface area contributed by atoms with E-state index in [1.165, 1.54) is 0 Å². The SMILES string of the molecule is COCCCNC(=O)c1ccc(NS(C)(=O)=O)c(C)c1. The van der Waals surface area contributed by atoms with Gasteiger partial charge < -0.3 is 10.1 Å². The molecule has 0 heterocycles. The van der Waals surface area contributed by atoms with Gasteiger partial charge in [0, 0.05) is 25.8 Å². The summed E-state index contributed by atoms with van der Waals surface area (Å²) < 4.78 is 29.6. The highest BCUT2D eigenvalue weighted by atomic mass is 32.2. The zero-order valence-electron chi connectivity index (χ0n) is 11.9. The molecule has 0 aromatic heterocycles. The van der Waals surface area contributed by atoms with Crippen LogP contribution in [0.5, 0.6) is 0 Å². The molecule has 0 aliphatic heterocycles. The minimum absolute atomic E-state index is 0.185. The predicted molar refractivity (Wildman–Crippen MR) is 78.5 cm³/mol. The molecule has 2 N–H and O–H groups in total. The van der Waals surface area contributed by atoms with E-state index in [0.717, 1.165) is 12.7 Å². The molecule has 6 nitrogen and oxygen atoms in total. The number of amides is 1. The fraction of sp³-hybridized carbons (Fsp3) is 0.462. The Labute approximate surface area is 119 Å². The summed E-state index contributed by atoms with van der Waals surface area (Å²) in [5.74, 6) is -0.185. The van der Waals surface area contributed by atoms with Crippen LogP contribution < -0.4 is 10.0 Å². The zero-order valence-corrected chi connectivity index (χ0v) is 12.7. The van der Waals surface area contributed by atoms with Crippen molar-refractivity contribution < 1.29 is 17.9 Å². The molecule has 1 aromatic carbocycles. The Hall–Kier alpha value is -1.60. The second kappa shape index (κ2) is 7.25. The number of hydrogen-bond donors (Lipinski definition) is 2. The molecule has 0 saturated carbocycles. The predicted octanol–water partition coefficient (Wildman–Crippen LogP) is 1.13. The summed E-state index contributed by atoms with van der Waals surface area (Å²) in [4.78, 5) is 11.9. The van der Waals surface area contributed by atoms with Crippen LogP contribution in [0.1, 0.15) is 22.3 Å². The van der Waals surface area contributed by atoms with Crippen LogP contribution in [-0.4, -0.2) is 40.8 Å². The molecule has 1 aromatic rings. The van der Waals surface area contributed by atoms with Gasteiger partial charge in [0.25, 0.3) is 5.91 Å². The van der Waals surface area contributed by atoms with E-state index in [1.54, 1.807) is 32.2 Å². The van der Waals surface area contributed by atoms with E-state index in [-0.39, 0.29) is 5.91 Å². The maximum absolute atomic E-state index is 11.9. The van der Waals surface area contributed by atoms with Crippen molar-refractivity contribution in [2.24, 2.45) is 0 Å². The highest BCUT2D eigenvalue weighted by Gasteiger charge is 2.09. The van der Waals surface area contributed by atoms with Crippen LogP contribution in [0.15, 0.2) is 18.2 Å². The van der Waals surface area contributed by atoms with Crippen molar-refractivity contribution >= 4 is 21.6 Å². The first-order valence-corrected chi connectivity index (χ1v) is 8.08. The van der Waals surface area contributed by atoms with E-state index in [4.69, 9.17) is 4.74 Å². The molecule has 0 spiro atoms. The van der Waals surface area contributed by atoms with E-state index in [2.05, 4.69) is 10.0 Å². The van der Waals surface area contributed by atoms with Gasteiger partial charge >= 0.3 is 0 Å². The van der Waals surface area contributed by atoms with Crippen LogP contribution >= 0.6 is 0 Å². The van der Waals surface area contributed by atoms with Crippen LogP contribution in [0.2, 0.25) is 0 Å². The summed E-state index contributed by atoms with van der Waals surface area (Å²) >= 11 is 0. The van der Waals surface area contributed by atoms with Gasteiger partial charge in [0.1, 0.15) is 0 Å². The number of rotatable bonds is 7. The lowest BCUT2D eigenvalue weighted by atomic mass is 10.1. The minimum Gasteiger partial charge on any atom is -0.385 e. The third-order valence-electron chi connectivity index (χ3n) is 2.59. The monoisotopic (exact) mass is 300 g/mol. The highest BCUT2D eigenvalue weighted by molar-refractivity contribution is 7.92. The Bertz CT molecular complexity index is 570. The van der Waals surface area contributed by atoms with Crippen molar-refractivity contribution in [1.82, 2.24) is 5.32 Å². The molecule has 0 bridgehead atoms. The molecule has 1 rings (SSSR count). The van der Waals surface area contributed by atoms with Crippen LogP contribution in [0.4, 0.5) is 5.69 Å². The van der Waals surface area contributed by atoms with Gasteiger partial charge in [0.15, 0.2) is 0 Å². The van der Waals surface area contributed by atoms with E-state index in [9.17, 15) is 13.2 Å². The molecule has 0 radical (unpaired) electrons. The molecule has 0 unspecified atom stereocenters. The van der Waals surface area contributed by atoms with Crippen molar-refractivity contribution in [1.29, 1.82) is 0 Å². The van der Waals surface area contributed by atoms with Gasteiger partial charge in [-0.3, -0.25) is 9.52 Å². The number of nitrogens with one attached hydrogen (secondary N) is 2. The second-order valence-electron chi connectivity index (χ2n) is 4.51. The molecule has 0 aliphatic rings. The smallest absolute Gasteiger partial charge is 0.251 e. The molecule has 1 amide bonds. The standard InChI is InChI=1S/C13H20N2O4S/c1-10-9-11(13(16)14-7-4-8-19-2)5-6-12(10)15-20(3,17)18/h5-6,9,15H,4,7-8H2,1-3H3,(H,14,16). The van der Waals surface area contributed by atoms with Crippen LogP contribution in [0.3, 0.4) is 0 Å². The van der Waals surface area contributed by atoms with Gasteiger partial charge in [-0.05, 0) is 37.1 Å². The quantitative estimate of drug-likeness (QED) is 0.739. The lowest BCUT2D eigenvalue weighted by Crippen LogP contribution is -2.25. The molecule has 0 saturated heterocycles. The number of benzene rings is 1. The van der Waals surface area contributed by atoms with Crippen molar-refractivity contribution in [3.63, 3.8) is 0 Å². The van der Waals surface area contributed by atoms with E-state index in [0.29, 0.717) is 30.0 Å². The topological polar surface area (TPSA) is 84.5 Å². The first kappa shape index (κ1) is 16.5. The van der Waals surface area contributed by atoms with Gasteiger partial charge in [0.05, 0.1) is 11.9 Å². The van der Waals surface area contributed by atoms with Crippen molar-refractivity contribution in [2.75, 3.05) is 31.2 Å². The van der Waals surface area contributed by atoms with Gasteiger partial charge in [-0.25, -0.2) is 8.42 Å².